The predicted octanol–water partition coefficient (Wildman–Crippen LogP) is 1.69. The van der Waals surface area contributed by atoms with Crippen molar-refractivity contribution in [2.45, 2.75) is 18.4 Å². The Hall–Kier alpha value is -0.770. The maximum absolute atomic E-state index is 10.4. The van der Waals surface area contributed by atoms with Crippen LogP contribution in [0.4, 0.5) is 0 Å². The first-order valence-corrected chi connectivity index (χ1v) is 5.32. The van der Waals surface area contributed by atoms with Crippen LogP contribution < -0.4 is 10.1 Å². The average molecular weight is 244 g/mol. The van der Waals surface area contributed by atoms with Crippen molar-refractivity contribution in [1.29, 1.82) is 0 Å². The minimum Gasteiger partial charge on any atom is -0.497 e. The maximum atomic E-state index is 10.4. The van der Waals surface area contributed by atoms with Crippen molar-refractivity contribution in [3.8, 4) is 5.75 Å². The van der Waals surface area contributed by atoms with Crippen LogP contribution in [0.2, 0.25) is 0 Å². The molecule has 0 aromatic heterocycles. The monoisotopic (exact) mass is 243 g/mol. The number of nitrogens with one attached hydrogen (secondary N) is 1. The molecule has 1 saturated heterocycles. The van der Waals surface area contributed by atoms with Gasteiger partial charge in [0.1, 0.15) is 11.4 Å². The van der Waals surface area contributed by atoms with Gasteiger partial charge >= 0.3 is 0 Å². The highest BCUT2D eigenvalue weighted by molar-refractivity contribution is 5.85. The normalized spacial score (nSPS) is 24.6. The number of halogens is 1. The largest absolute Gasteiger partial charge is 0.497 e. The van der Waals surface area contributed by atoms with E-state index < -0.39 is 5.60 Å². The molecule has 1 fully saturated rings. The first kappa shape index (κ1) is 13.3. The van der Waals surface area contributed by atoms with Crippen molar-refractivity contribution < 1.29 is 9.84 Å². The van der Waals surface area contributed by atoms with Crippen LogP contribution >= 0.6 is 12.4 Å². The molecule has 1 atom stereocenters. The van der Waals surface area contributed by atoms with Crippen LogP contribution in [0, 0.1) is 0 Å². The summed E-state index contributed by atoms with van der Waals surface area (Å²) in [5, 5.41) is 13.6. The van der Waals surface area contributed by atoms with Gasteiger partial charge < -0.3 is 15.2 Å². The quantitative estimate of drug-likeness (QED) is 0.831. The molecule has 3 nitrogen and oxygen atoms in total. The van der Waals surface area contributed by atoms with Crippen molar-refractivity contribution in [2.75, 3.05) is 20.2 Å². The Morgan fingerprint density at radius 1 is 1.31 bits per heavy atom. The van der Waals surface area contributed by atoms with Crippen LogP contribution in [0.15, 0.2) is 24.3 Å². The third-order valence-corrected chi connectivity index (χ3v) is 2.99. The van der Waals surface area contributed by atoms with Gasteiger partial charge in [-0.2, -0.15) is 0 Å². The average Bonchev–Trinajstić information content (AvgIpc) is 2.30. The van der Waals surface area contributed by atoms with Gasteiger partial charge in [0, 0.05) is 6.54 Å². The van der Waals surface area contributed by atoms with E-state index in [-0.39, 0.29) is 12.4 Å². The van der Waals surface area contributed by atoms with Gasteiger partial charge in [-0.05, 0) is 37.1 Å². The zero-order valence-corrected chi connectivity index (χ0v) is 10.2. The Kier molecular flexibility index (Phi) is 4.59. The van der Waals surface area contributed by atoms with Crippen LogP contribution in [-0.4, -0.2) is 25.3 Å². The summed E-state index contributed by atoms with van der Waals surface area (Å²) in [7, 11) is 1.64. The van der Waals surface area contributed by atoms with Gasteiger partial charge in [0.15, 0.2) is 0 Å². The van der Waals surface area contributed by atoms with Crippen molar-refractivity contribution in [3.63, 3.8) is 0 Å². The fourth-order valence-electron chi connectivity index (χ4n) is 2.04. The minimum atomic E-state index is -0.704. The molecule has 90 valence electrons. The molecule has 2 rings (SSSR count). The van der Waals surface area contributed by atoms with Crippen LogP contribution in [0.3, 0.4) is 0 Å². The number of piperidine rings is 1. The van der Waals surface area contributed by atoms with Crippen LogP contribution in [0.25, 0.3) is 0 Å². The second-order valence-electron chi connectivity index (χ2n) is 4.04. The number of methoxy groups -OCH3 is 1. The molecule has 2 N–H and O–H groups in total. The number of rotatable bonds is 2. The van der Waals surface area contributed by atoms with E-state index in [0.717, 1.165) is 30.7 Å². The molecule has 16 heavy (non-hydrogen) atoms. The number of hydrogen-bond acceptors (Lipinski definition) is 3. The van der Waals surface area contributed by atoms with Gasteiger partial charge in [0.25, 0.3) is 0 Å². The summed E-state index contributed by atoms with van der Waals surface area (Å²) >= 11 is 0. The van der Waals surface area contributed by atoms with Gasteiger partial charge in [-0.15, -0.1) is 12.4 Å². The Morgan fingerprint density at radius 2 is 2.00 bits per heavy atom. The van der Waals surface area contributed by atoms with Crippen molar-refractivity contribution in [3.05, 3.63) is 29.8 Å². The fraction of sp³-hybridized carbons (Fsp3) is 0.500. The van der Waals surface area contributed by atoms with Crippen molar-refractivity contribution in [2.24, 2.45) is 0 Å². The molecule has 1 aromatic rings. The summed E-state index contributed by atoms with van der Waals surface area (Å²) in [6.45, 7) is 1.64. The van der Waals surface area contributed by atoms with E-state index in [2.05, 4.69) is 5.32 Å². The lowest BCUT2D eigenvalue weighted by Crippen LogP contribution is -2.43. The van der Waals surface area contributed by atoms with Gasteiger partial charge in [-0.25, -0.2) is 0 Å². The van der Waals surface area contributed by atoms with Crippen LogP contribution in [0.5, 0.6) is 5.75 Å². The molecule has 0 amide bonds. The Labute approximate surface area is 102 Å². The lowest BCUT2D eigenvalue weighted by Gasteiger charge is -2.33. The highest BCUT2D eigenvalue weighted by Gasteiger charge is 2.30. The molecule has 1 heterocycles. The maximum Gasteiger partial charge on any atom is 0.118 e. The molecule has 1 aromatic carbocycles. The molecule has 0 bridgehead atoms. The smallest absolute Gasteiger partial charge is 0.118 e. The molecule has 1 aliphatic heterocycles. The second kappa shape index (κ2) is 5.53. The summed E-state index contributed by atoms with van der Waals surface area (Å²) < 4.78 is 5.09. The Bertz CT molecular complexity index is 320. The van der Waals surface area contributed by atoms with Gasteiger partial charge in [0.05, 0.1) is 7.11 Å². The first-order valence-electron chi connectivity index (χ1n) is 5.32. The molecule has 0 radical (unpaired) electrons. The molecular weight excluding hydrogens is 226 g/mol. The van der Waals surface area contributed by atoms with Gasteiger partial charge in [-0.1, -0.05) is 12.1 Å². The van der Waals surface area contributed by atoms with E-state index >= 15 is 0 Å². The SMILES string of the molecule is COc1ccc(C2(O)CCCNC2)cc1.Cl. The topological polar surface area (TPSA) is 41.5 Å². The summed E-state index contributed by atoms with van der Waals surface area (Å²) in [6, 6.07) is 7.65. The number of ether oxygens (including phenoxy) is 1. The fourth-order valence-corrected chi connectivity index (χ4v) is 2.04. The molecule has 0 spiro atoms. The second-order valence-corrected chi connectivity index (χ2v) is 4.04. The summed E-state index contributed by atoms with van der Waals surface area (Å²) in [5.41, 5.74) is 0.264. The lowest BCUT2D eigenvalue weighted by atomic mass is 9.87. The van der Waals surface area contributed by atoms with Gasteiger partial charge in [-0.3, -0.25) is 0 Å². The summed E-state index contributed by atoms with van der Waals surface area (Å²) in [5.74, 6) is 0.825. The summed E-state index contributed by atoms with van der Waals surface area (Å²) in [4.78, 5) is 0. The van der Waals surface area contributed by atoms with Gasteiger partial charge in [0.2, 0.25) is 0 Å². The third-order valence-electron chi connectivity index (χ3n) is 2.99. The number of hydrogen-bond donors (Lipinski definition) is 2. The van der Waals surface area contributed by atoms with E-state index in [1.54, 1.807) is 7.11 Å². The van der Waals surface area contributed by atoms with E-state index in [0.29, 0.717) is 6.54 Å². The lowest BCUT2D eigenvalue weighted by molar-refractivity contribution is 0.0123. The standard InChI is InChI=1S/C12H17NO2.ClH/c1-15-11-5-3-10(4-6-11)12(14)7-2-8-13-9-12;/h3-6,13-14H,2,7-9H2,1H3;1H. The summed E-state index contributed by atoms with van der Waals surface area (Å²) in [6.07, 6.45) is 1.84. The van der Waals surface area contributed by atoms with E-state index in [1.165, 1.54) is 0 Å². The molecular formula is C12H18ClNO2. The third kappa shape index (κ3) is 2.67. The zero-order valence-electron chi connectivity index (χ0n) is 9.40. The number of β-amino-alcohol motifs (C(OH)–C–C–N with tert-alkyl or cyclic N) is 1. The van der Waals surface area contributed by atoms with E-state index in [9.17, 15) is 5.11 Å². The Morgan fingerprint density at radius 3 is 2.50 bits per heavy atom. The minimum absolute atomic E-state index is 0. The molecule has 0 saturated carbocycles. The Balaban J connectivity index is 0.00000128. The van der Waals surface area contributed by atoms with E-state index in [1.807, 2.05) is 24.3 Å². The first-order chi connectivity index (χ1) is 7.24. The van der Waals surface area contributed by atoms with Crippen molar-refractivity contribution in [1.82, 2.24) is 5.32 Å². The van der Waals surface area contributed by atoms with E-state index in [4.69, 9.17) is 4.74 Å². The van der Waals surface area contributed by atoms with Crippen LogP contribution in [-0.2, 0) is 5.60 Å². The highest BCUT2D eigenvalue weighted by atomic mass is 35.5. The molecule has 1 aliphatic rings. The molecule has 1 unspecified atom stereocenters. The number of aliphatic hydroxyl groups is 1. The van der Waals surface area contributed by atoms with Crippen LogP contribution in [0.1, 0.15) is 18.4 Å². The molecule has 0 aliphatic carbocycles. The number of benzene rings is 1. The zero-order chi connectivity index (χ0) is 10.7. The van der Waals surface area contributed by atoms with Crippen molar-refractivity contribution >= 4 is 12.4 Å². The molecule has 4 heteroatoms. The highest BCUT2D eigenvalue weighted by Crippen LogP contribution is 2.29. The predicted molar refractivity (Wildman–Crippen MR) is 66.2 cm³/mol.